The van der Waals surface area contributed by atoms with Crippen LogP contribution >= 0.6 is 0 Å². The maximum atomic E-state index is 13.9. The van der Waals surface area contributed by atoms with Gasteiger partial charge in [-0.05, 0) is 50.1 Å². The topological polar surface area (TPSA) is 92.8 Å². The second-order valence-electron chi connectivity index (χ2n) is 9.09. The molecule has 4 rings (SSSR count). The molecule has 7 nitrogen and oxygen atoms in total. The largest absolute Gasteiger partial charge is 0.465 e. The minimum absolute atomic E-state index is 0.125. The Bertz CT molecular complexity index is 1160. The first kappa shape index (κ1) is 24.7. The summed E-state index contributed by atoms with van der Waals surface area (Å²) < 4.78 is 19.1. The van der Waals surface area contributed by atoms with Crippen molar-refractivity contribution < 1.29 is 28.3 Å². The number of carbonyl (C=O) groups is 4. The number of imide groups is 1. The number of anilines is 1. The minimum Gasteiger partial charge on any atom is -0.465 e. The van der Waals surface area contributed by atoms with Gasteiger partial charge in [-0.25, -0.2) is 9.29 Å². The number of rotatable bonds is 8. The Hall–Kier alpha value is -3.39. The molecule has 0 radical (unpaired) electrons. The molecule has 35 heavy (non-hydrogen) atoms. The lowest BCUT2D eigenvalue weighted by atomic mass is 9.76. The number of halogens is 1. The van der Waals surface area contributed by atoms with Crippen LogP contribution in [0.5, 0.6) is 0 Å². The second-order valence-corrected chi connectivity index (χ2v) is 9.09. The monoisotopic (exact) mass is 480 g/mol. The maximum absolute atomic E-state index is 13.9. The normalized spacial score (nSPS) is 25.6. The lowest BCUT2D eigenvalue weighted by Gasteiger charge is -2.33. The molecule has 0 aromatic heterocycles. The SMILES string of the molecule is CCCC[C@]1(C(=O)OCC)N[C@H](c2ccc(F)cc2)[C@H]2C(=O)N(c3cccc(C(C)=O)c3)C(=O)[C@@H]21. The summed E-state index contributed by atoms with van der Waals surface area (Å²) in [7, 11) is 0. The van der Waals surface area contributed by atoms with Crippen LogP contribution in [0, 0.1) is 17.7 Å². The van der Waals surface area contributed by atoms with Gasteiger partial charge in [-0.2, -0.15) is 0 Å². The maximum Gasteiger partial charge on any atom is 0.327 e. The number of unbranched alkanes of at least 4 members (excludes halogenated alkanes) is 1. The highest BCUT2D eigenvalue weighted by Gasteiger charge is 2.68. The van der Waals surface area contributed by atoms with Crippen molar-refractivity contribution in [3.05, 3.63) is 65.5 Å². The molecule has 2 heterocycles. The molecule has 0 unspecified atom stereocenters. The van der Waals surface area contributed by atoms with E-state index in [1.54, 1.807) is 37.3 Å². The van der Waals surface area contributed by atoms with Crippen molar-refractivity contribution in [3.8, 4) is 0 Å². The fourth-order valence-electron chi connectivity index (χ4n) is 5.31. The second kappa shape index (κ2) is 9.70. The standard InChI is InChI=1S/C27H29FN2O5/c1-4-6-14-27(26(34)35-5-2)22-21(23(29-27)17-10-12-19(28)13-11-17)24(32)30(25(22)33)20-9-7-8-18(15-20)16(3)31/h7-13,15,21-23,29H,4-6,14H2,1-3H3/t21-,22+,23+,27-/m0/s1. The van der Waals surface area contributed by atoms with Crippen LogP contribution in [0.25, 0.3) is 0 Å². The first-order valence-corrected chi connectivity index (χ1v) is 11.9. The van der Waals surface area contributed by atoms with Crippen molar-refractivity contribution in [2.24, 2.45) is 11.8 Å². The van der Waals surface area contributed by atoms with Crippen molar-refractivity contribution in [3.63, 3.8) is 0 Å². The van der Waals surface area contributed by atoms with E-state index in [0.717, 1.165) is 11.3 Å². The van der Waals surface area contributed by atoms with Gasteiger partial charge < -0.3 is 4.74 Å². The third-order valence-electron chi connectivity index (χ3n) is 6.96. The lowest BCUT2D eigenvalue weighted by molar-refractivity contribution is -0.155. The predicted molar refractivity (Wildman–Crippen MR) is 127 cm³/mol. The van der Waals surface area contributed by atoms with Gasteiger partial charge in [-0.3, -0.25) is 24.5 Å². The molecule has 2 aromatic rings. The molecule has 2 amide bonds. The molecular weight excluding hydrogens is 451 g/mol. The van der Waals surface area contributed by atoms with Crippen LogP contribution < -0.4 is 10.2 Å². The Balaban J connectivity index is 1.86. The molecule has 4 atom stereocenters. The number of ether oxygens (including phenoxy) is 1. The Morgan fingerprint density at radius 1 is 1.09 bits per heavy atom. The molecule has 2 aliphatic heterocycles. The molecule has 2 fully saturated rings. The molecule has 2 aliphatic rings. The number of nitrogens with zero attached hydrogens (tertiary/aromatic N) is 1. The first-order chi connectivity index (χ1) is 16.7. The van der Waals surface area contributed by atoms with Crippen LogP contribution in [0.1, 0.15) is 62.0 Å². The minimum atomic E-state index is -1.41. The number of Topliss-reactive ketones (excluding diaryl/α,β-unsaturated/α-hetero) is 1. The smallest absolute Gasteiger partial charge is 0.327 e. The number of hydrogen-bond acceptors (Lipinski definition) is 6. The van der Waals surface area contributed by atoms with Crippen molar-refractivity contribution in [1.29, 1.82) is 0 Å². The number of nitrogens with one attached hydrogen (secondary N) is 1. The van der Waals surface area contributed by atoms with Crippen LogP contribution in [0.4, 0.5) is 10.1 Å². The zero-order valence-electron chi connectivity index (χ0n) is 20.0. The average Bonchev–Trinajstić information content (AvgIpc) is 3.32. The molecule has 8 heteroatoms. The Morgan fingerprint density at radius 2 is 1.80 bits per heavy atom. The molecule has 0 spiro atoms. The quantitative estimate of drug-likeness (QED) is 0.349. The predicted octanol–water partition coefficient (Wildman–Crippen LogP) is 3.97. The fraction of sp³-hybridized carbons (Fsp3) is 0.407. The summed E-state index contributed by atoms with van der Waals surface area (Å²) in [6.07, 6.45) is 1.71. The molecule has 0 aliphatic carbocycles. The molecule has 1 N–H and O–H groups in total. The number of fused-ring (bicyclic) bond motifs is 1. The van der Waals surface area contributed by atoms with Gasteiger partial charge in [0.05, 0.1) is 24.1 Å². The summed E-state index contributed by atoms with van der Waals surface area (Å²) in [6, 6.07) is 11.3. The number of benzene rings is 2. The van der Waals surface area contributed by atoms with Gasteiger partial charge in [0.1, 0.15) is 11.4 Å². The van der Waals surface area contributed by atoms with E-state index in [1.807, 2.05) is 6.92 Å². The van der Waals surface area contributed by atoms with Crippen LogP contribution in [-0.4, -0.2) is 35.7 Å². The van der Waals surface area contributed by atoms with Gasteiger partial charge >= 0.3 is 5.97 Å². The van der Waals surface area contributed by atoms with Crippen molar-refractivity contribution in [2.75, 3.05) is 11.5 Å². The number of ketones is 1. The van der Waals surface area contributed by atoms with E-state index in [4.69, 9.17) is 4.74 Å². The van der Waals surface area contributed by atoms with Gasteiger partial charge in [0.25, 0.3) is 0 Å². The molecule has 184 valence electrons. The van der Waals surface area contributed by atoms with Crippen LogP contribution in [0.3, 0.4) is 0 Å². The van der Waals surface area contributed by atoms with Crippen molar-refractivity contribution >= 4 is 29.3 Å². The third kappa shape index (κ3) is 4.16. The Labute approximate surface area is 203 Å². The highest BCUT2D eigenvalue weighted by atomic mass is 19.1. The van der Waals surface area contributed by atoms with Gasteiger partial charge in [0.2, 0.25) is 11.8 Å². The summed E-state index contributed by atoms with van der Waals surface area (Å²) >= 11 is 0. The molecule has 0 saturated carbocycles. The lowest BCUT2D eigenvalue weighted by Crippen LogP contribution is -2.56. The van der Waals surface area contributed by atoms with Crippen molar-refractivity contribution in [1.82, 2.24) is 5.32 Å². The van der Waals surface area contributed by atoms with Gasteiger partial charge in [-0.15, -0.1) is 0 Å². The Kier molecular flexibility index (Phi) is 6.85. The first-order valence-electron chi connectivity index (χ1n) is 11.9. The number of carbonyl (C=O) groups excluding carboxylic acids is 4. The zero-order valence-corrected chi connectivity index (χ0v) is 20.0. The van der Waals surface area contributed by atoms with Crippen molar-refractivity contribution in [2.45, 2.75) is 51.6 Å². The van der Waals surface area contributed by atoms with E-state index < -0.39 is 47.0 Å². The Morgan fingerprint density at radius 3 is 2.43 bits per heavy atom. The number of amides is 2. The van der Waals surface area contributed by atoms with Gasteiger partial charge in [0.15, 0.2) is 5.78 Å². The van der Waals surface area contributed by atoms with Gasteiger partial charge in [0, 0.05) is 11.6 Å². The molecular formula is C27H29FN2O5. The van der Waals surface area contributed by atoms with Crippen LogP contribution in [-0.2, 0) is 19.1 Å². The van der Waals surface area contributed by atoms with Gasteiger partial charge in [-0.1, -0.05) is 44.0 Å². The van der Waals surface area contributed by atoms with E-state index in [9.17, 15) is 23.6 Å². The van der Waals surface area contributed by atoms with E-state index in [0.29, 0.717) is 24.0 Å². The summed E-state index contributed by atoms with van der Waals surface area (Å²) in [5, 5.41) is 3.30. The van der Waals surface area contributed by atoms with Crippen LogP contribution in [0.2, 0.25) is 0 Å². The van der Waals surface area contributed by atoms with E-state index in [2.05, 4.69) is 5.32 Å². The average molecular weight is 481 g/mol. The summed E-state index contributed by atoms with van der Waals surface area (Å²) in [5.41, 5.74) is -0.149. The van der Waals surface area contributed by atoms with E-state index in [1.165, 1.54) is 25.1 Å². The summed E-state index contributed by atoms with van der Waals surface area (Å²) in [5.74, 6) is -4.07. The summed E-state index contributed by atoms with van der Waals surface area (Å²) in [6.45, 7) is 5.20. The highest BCUT2D eigenvalue weighted by molar-refractivity contribution is 6.24. The number of esters is 1. The third-order valence-corrected chi connectivity index (χ3v) is 6.96. The zero-order chi connectivity index (χ0) is 25.3. The highest BCUT2D eigenvalue weighted by Crippen LogP contribution is 2.51. The van der Waals surface area contributed by atoms with E-state index in [-0.39, 0.29) is 18.1 Å². The van der Waals surface area contributed by atoms with E-state index >= 15 is 0 Å². The molecule has 0 bridgehead atoms. The fourth-order valence-corrected chi connectivity index (χ4v) is 5.31. The van der Waals surface area contributed by atoms with Crippen LogP contribution in [0.15, 0.2) is 48.5 Å². The molecule has 2 aromatic carbocycles. The number of hydrogen-bond donors (Lipinski definition) is 1. The molecule has 2 saturated heterocycles. The summed E-state index contributed by atoms with van der Waals surface area (Å²) in [4.78, 5) is 54.2.